The molecular formula is C14H17BrN2O3. The molecule has 5 nitrogen and oxygen atoms in total. The summed E-state index contributed by atoms with van der Waals surface area (Å²) in [5, 5.41) is 16.1. The van der Waals surface area contributed by atoms with Gasteiger partial charge in [0.05, 0.1) is 29.2 Å². The molecule has 1 aliphatic rings. The van der Waals surface area contributed by atoms with Crippen LogP contribution in [0.4, 0.5) is 0 Å². The van der Waals surface area contributed by atoms with Gasteiger partial charge in [-0.15, -0.1) is 0 Å². The minimum absolute atomic E-state index is 0.491. The molecule has 0 atom stereocenters. The quantitative estimate of drug-likeness (QED) is 0.931. The zero-order valence-corrected chi connectivity index (χ0v) is 12.9. The number of fused-ring (bicyclic) bond motifs is 1. The van der Waals surface area contributed by atoms with E-state index >= 15 is 0 Å². The number of halogens is 1. The first-order valence-corrected chi connectivity index (χ1v) is 7.40. The predicted octanol–water partition coefficient (Wildman–Crippen LogP) is 2.35. The van der Waals surface area contributed by atoms with Crippen molar-refractivity contribution in [3.05, 3.63) is 22.8 Å². The average Bonchev–Trinajstić information content (AvgIpc) is 2.78. The molecule has 0 saturated carbocycles. The minimum atomic E-state index is -0.721. The van der Waals surface area contributed by atoms with Crippen LogP contribution in [-0.4, -0.2) is 40.8 Å². The van der Waals surface area contributed by atoms with Gasteiger partial charge in [-0.25, -0.2) is 0 Å². The first-order chi connectivity index (χ1) is 9.59. The van der Waals surface area contributed by atoms with Crippen molar-refractivity contribution >= 4 is 26.8 Å². The van der Waals surface area contributed by atoms with Crippen LogP contribution in [0.2, 0.25) is 0 Å². The second-order valence-electron chi connectivity index (χ2n) is 5.21. The first kappa shape index (κ1) is 13.9. The number of aliphatic hydroxyl groups is 1. The van der Waals surface area contributed by atoms with Gasteiger partial charge < -0.3 is 14.6 Å². The number of methoxy groups -OCH3 is 1. The summed E-state index contributed by atoms with van der Waals surface area (Å²) in [7, 11) is 1.63. The van der Waals surface area contributed by atoms with E-state index in [-0.39, 0.29) is 0 Å². The van der Waals surface area contributed by atoms with Gasteiger partial charge in [-0.2, -0.15) is 5.10 Å². The number of nitrogens with zero attached hydrogens (tertiary/aromatic N) is 2. The van der Waals surface area contributed by atoms with E-state index in [9.17, 15) is 5.11 Å². The van der Waals surface area contributed by atoms with Crippen molar-refractivity contribution in [3.8, 4) is 5.75 Å². The fraction of sp³-hybridized carbons (Fsp3) is 0.500. The van der Waals surface area contributed by atoms with Crippen LogP contribution in [0.1, 0.15) is 12.8 Å². The maximum absolute atomic E-state index is 10.5. The molecule has 1 fully saturated rings. The van der Waals surface area contributed by atoms with Gasteiger partial charge in [-0.05, 0) is 22.0 Å². The van der Waals surface area contributed by atoms with Gasteiger partial charge in [0.15, 0.2) is 0 Å². The Kier molecular flexibility index (Phi) is 3.70. The Balaban J connectivity index is 1.89. The van der Waals surface area contributed by atoms with Gasteiger partial charge in [0.25, 0.3) is 0 Å². The molecule has 1 aromatic heterocycles. The molecule has 0 radical (unpaired) electrons. The summed E-state index contributed by atoms with van der Waals surface area (Å²) in [6, 6.07) is 3.87. The molecular weight excluding hydrogens is 324 g/mol. The summed E-state index contributed by atoms with van der Waals surface area (Å²) in [5.41, 5.74) is 0.141. The zero-order valence-electron chi connectivity index (χ0n) is 11.3. The van der Waals surface area contributed by atoms with E-state index in [0.29, 0.717) is 32.6 Å². The summed E-state index contributed by atoms with van der Waals surface area (Å²) < 4.78 is 13.3. The van der Waals surface area contributed by atoms with Crippen molar-refractivity contribution in [1.29, 1.82) is 0 Å². The van der Waals surface area contributed by atoms with Crippen LogP contribution in [-0.2, 0) is 11.3 Å². The summed E-state index contributed by atoms with van der Waals surface area (Å²) in [4.78, 5) is 0. The van der Waals surface area contributed by atoms with Crippen LogP contribution >= 0.6 is 15.9 Å². The lowest BCUT2D eigenvalue weighted by molar-refractivity contribution is -0.0743. The number of hydrogen-bond acceptors (Lipinski definition) is 4. The molecule has 108 valence electrons. The molecule has 0 aliphatic carbocycles. The topological polar surface area (TPSA) is 56.5 Å². The highest BCUT2D eigenvalue weighted by molar-refractivity contribution is 9.10. The van der Waals surface area contributed by atoms with E-state index in [1.165, 1.54) is 0 Å². The summed E-state index contributed by atoms with van der Waals surface area (Å²) >= 11 is 3.47. The van der Waals surface area contributed by atoms with E-state index in [4.69, 9.17) is 9.47 Å². The monoisotopic (exact) mass is 340 g/mol. The van der Waals surface area contributed by atoms with Gasteiger partial charge in [-0.3, -0.25) is 4.68 Å². The molecule has 2 aromatic rings. The highest BCUT2D eigenvalue weighted by Gasteiger charge is 2.30. The highest BCUT2D eigenvalue weighted by Crippen LogP contribution is 2.30. The molecule has 20 heavy (non-hydrogen) atoms. The highest BCUT2D eigenvalue weighted by atomic mass is 79.9. The summed E-state index contributed by atoms with van der Waals surface area (Å²) in [5.74, 6) is 0.757. The normalized spacial score (nSPS) is 18.4. The Morgan fingerprint density at radius 2 is 2.20 bits per heavy atom. The number of benzene rings is 1. The van der Waals surface area contributed by atoms with Gasteiger partial charge in [0.1, 0.15) is 5.75 Å². The molecule has 0 unspecified atom stereocenters. The van der Waals surface area contributed by atoms with E-state index in [2.05, 4.69) is 21.0 Å². The Hall–Kier alpha value is -1.11. The van der Waals surface area contributed by atoms with Crippen molar-refractivity contribution in [2.45, 2.75) is 25.0 Å². The molecule has 1 aliphatic heterocycles. The third kappa shape index (κ3) is 2.68. The Morgan fingerprint density at radius 1 is 1.45 bits per heavy atom. The third-order valence-electron chi connectivity index (χ3n) is 3.71. The smallest absolute Gasteiger partial charge is 0.135 e. The van der Waals surface area contributed by atoms with E-state index in [0.717, 1.165) is 21.1 Å². The van der Waals surface area contributed by atoms with E-state index in [1.807, 2.05) is 23.0 Å². The Morgan fingerprint density at radius 3 is 2.90 bits per heavy atom. The molecule has 6 heteroatoms. The molecule has 0 spiro atoms. The Labute approximate surface area is 125 Å². The molecule has 1 saturated heterocycles. The molecule has 0 amide bonds. The van der Waals surface area contributed by atoms with Crippen molar-refractivity contribution < 1.29 is 14.6 Å². The fourth-order valence-corrected chi connectivity index (χ4v) is 3.05. The van der Waals surface area contributed by atoms with Crippen LogP contribution in [0.3, 0.4) is 0 Å². The number of hydrogen-bond donors (Lipinski definition) is 1. The second kappa shape index (κ2) is 5.35. The SMILES string of the molecule is COc1cc2nn(CC3(O)CCOCC3)cc2cc1Br. The molecule has 1 aromatic carbocycles. The predicted molar refractivity (Wildman–Crippen MR) is 79.0 cm³/mol. The Bertz CT molecular complexity index is 620. The average molecular weight is 341 g/mol. The standard InChI is InChI=1S/C14H17BrN2O3/c1-19-13-7-12-10(6-11(13)15)8-17(16-12)9-14(18)2-4-20-5-3-14/h6-8,18H,2-5,9H2,1H3. The van der Waals surface area contributed by atoms with Gasteiger partial charge in [0.2, 0.25) is 0 Å². The lowest BCUT2D eigenvalue weighted by Gasteiger charge is -2.31. The summed E-state index contributed by atoms with van der Waals surface area (Å²) in [6.07, 6.45) is 3.25. The van der Waals surface area contributed by atoms with Gasteiger partial charge in [0, 0.05) is 43.7 Å². The maximum Gasteiger partial charge on any atom is 0.135 e. The molecule has 0 bridgehead atoms. The number of aromatic nitrogens is 2. The molecule has 1 N–H and O–H groups in total. The van der Waals surface area contributed by atoms with Crippen LogP contribution in [0.5, 0.6) is 5.75 Å². The largest absolute Gasteiger partial charge is 0.495 e. The number of rotatable bonds is 3. The molecule has 2 heterocycles. The zero-order chi connectivity index (χ0) is 14.2. The van der Waals surface area contributed by atoms with Crippen molar-refractivity contribution in [2.24, 2.45) is 0 Å². The van der Waals surface area contributed by atoms with Crippen molar-refractivity contribution in [1.82, 2.24) is 9.78 Å². The second-order valence-corrected chi connectivity index (χ2v) is 6.06. The maximum atomic E-state index is 10.5. The molecule has 3 rings (SSSR count). The van der Waals surface area contributed by atoms with Crippen LogP contribution < -0.4 is 4.74 Å². The van der Waals surface area contributed by atoms with Gasteiger partial charge in [-0.1, -0.05) is 0 Å². The summed E-state index contributed by atoms with van der Waals surface area (Å²) in [6.45, 7) is 1.71. The minimum Gasteiger partial charge on any atom is -0.495 e. The van der Waals surface area contributed by atoms with Gasteiger partial charge >= 0.3 is 0 Å². The van der Waals surface area contributed by atoms with E-state index in [1.54, 1.807) is 7.11 Å². The number of ether oxygens (including phenoxy) is 2. The van der Waals surface area contributed by atoms with Crippen LogP contribution in [0, 0.1) is 0 Å². The van der Waals surface area contributed by atoms with Crippen LogP contribution in [0.25, 0.3) is 10.9 Å². The fourth-order valence-electron chi connectivity index (χ4n) is 2.52. The van der Waals surface area contributed by atoms with Crippen molar-refractivity contribution in [2.75, 3.05) is 20.3 Å². The van der Waals surface area contributed by atoms with Crippen molar-refractivity contribution in [3.63, 3.8) is 0 Å². The first-order valence-electron chi connectivity index (χ1n) is 6.60. The third-order valence-corrected chi connectivity index (χ3v) is 4.32. The lowest BCUT2D eigenvalue weighted by Crippen LogP contribution is -2.40. The van der Waals surface area contributed by atoms with Crippen LogP contribution in [0.15, 0.2) is 22.8 Å². The van der Waals surface area contributed by atoms with E-state index < -0.39 is 5.60 Å². The lowest BCUT2D eigenvalue weighted by atomic mass is 9.94.